The van der Waals surface area contributed by atoms with E-state index in [1.165, 1.54) is 7.11 Å². The number of carbonyl (C=O) groups excluding carboxylic acids is 1. The Balaban J connectivity index is 2.84. The molecule has 1 atom stereocenters. The lowest BCUT2D eigenvalue weighted by atomic mass is 10.1. The Kier molecular flexibility index (Phi) is 5.23. The van der Waals surface area contributed by atoms with Crippen LogP contribution in [0.3, 0.4) is 0 Å². The molecule has 17 heavy (non-hydrogen) atoms. The van der Waals surface area contributed by atoms with Crippen molar-refractivity contribution in [2.75, 3.05) is 13.7 Å². The standard InChI is InChI=1S/C11H10Cl2N2O2/c1-17-10(16)6-15-9(5-14)7-3-2-4-8(12)11(7)13/h2-4,9,15H,6H2,1H3. The number of nitrogens with zero attached hydrogens (tertiary/aromatic N) is 1. The first-order valence-electron chi connectivity index (χ1n) is 4.74. The second-order valence-electron chi connectivity index (χ2n) is 3.16. The van der Waals surface area contributed by atoms with E-state index in [0.717, 1.165) is 0 Å². The third kappa shape index (κ3) is 3.60. The van der Waals surface area contributed by atoms with Gasteiger partial charge in [-0.2, -0.15) is 5.26 Å². The van der Waals surface area contributed by atoms with Crippen molar-refractivity contribution in [3.63, 3.8) is 0 Å². The molecule has 1 aromatic rings. The van der Waals surface area contributed by atoms with Gasteiger partial charge in [0.05, 0.1) is 29.8 Å². The van der Waals surface area contributed by atoms with Crippen molar-refractivity contribution in [1.29, 1.82) is 5.26 Å². The molecule has 0 saturated heterocycles. The lowest BCUT2D eigenvalue weighted by Crippen LogP contribution is -2.27. The Hall–Kier alpha value is -1.28. The van der Waals surface area contributed by atoms with Crippen molar-refractivity contribution in [1.82, 2.24) is 5.32 Å². The van der Waals surface area contributed by atoms with Crippen molar-refractivity contribution in [3.05, 3.63) is 33.8 Å². The summed E-state index contributed by atoms with van der Waals surface area (Å²) in [5, 5.41) is 12.4. The summed E-state index contributed by atoms with van der Waals surface area (Å²) < 4.78 is 4.47. The minimum atomic E-state index is -0.708. The third-order valence-electron chi connectivity index (χ3n) is 2.10. The average molecular weight is 273 g/mol. The summed E-state index contributed by atoms with van der Waals surface area (Å²) in [7, 11) is 1.28. The maximum absolute atomic E-state index is 11.0. The van der Waals surface area contributed by atoms with Crippen LogP contribution in [-0.2, 0) is 9.53 Å². The van der Waals surface area contributed by atoms with E-state index in [9.17, 15) is 4.79 Å². The van der Waals surface area contributed by atoms with Gasteiger partial charge in [0.25, 0.3) is 0 Å². The first-order valence-corrected chi connectivity index (χ1v) is 5.49. The van der Waals surface area contributed by atoms with Gasteiger partial charge in [0.15, 0.2) is 0 Å². The number of esters is 1. The quantitative estimate of drug-likeness (QED) is 0.855. The summed E-state index contributed by atoms with van der Waals surface area (Å²) in [6.07, 6.45) is 0. The van der Waals surface area contributed by atoms with Gasteiger partial charge in [-0.1, -0.05) is 35.3 Å². The molecule has 0 radical (unpaired) electrons. The van der Waals surface area contributed by atoms with Crippen molar-refractivity contribution >= 4 is 29.2 Å². The van der Waals surface area contributed by atoms with Crippen LogP contribution >= 0.6 is 23.2 Å². The average Bonchev–Trinajstić information content (AvgIpc) is 2.34. The highest BCUT2D eigenvalue weighted by molar-refractivity contribution is 6.42. The number of rotatable bonds is 4. The van der Waals surface area contributed by atoms with Crippen LogP contribution in [0.4, 0.5) is 0 Å². The van der Waals surface area contributed by atoms with E-state index in [1.807, 2.05) is 6.07 Å². The minimum Gasteiger partial charge on any atom is -0.468 e. The van der Waals surface area contributed by atoms with Gasteiger partial charge < -0.3 is 4.74 Å². The zero-order valence-corrected chi connectivity index (χ0v) is 10.5. The molecule has 0 amide bonds. The second-order valence-corrected chi connectivity index (χ2v) is 3.95. The number of carbonyl (C=O) groups is 1. The van der Waals surface area contributed by atoms with Crippen LogP contribution in [0.15, 0.2) is 18.2 Å². The molecule has 0 bridgehead atoms. The van der Waals surface area contributed by atoms with E-state index in [4.69, 9.17) is 28.5 Å². The predicted octanol–water partition coefficient (Wildman–Crippen LogP) is 2.32. The number of benzene rings is 1. The van der Waals surface area contributed by atoms with Gasteiger partial charge in [-0.05, 0) is 6.07 Å². The SMILES string of the molecule is COC(=O)CNC(C#N)c1cccc(Cl)c1Cl. The van der Waals surface area contributed by atoms with Crippen LogP contribution < -0.4 is 5.32 Å². The van der Waals surface area contributed by atoms with Gasteiger partial charge in [0, 0.05) is 5.56 Å². The van der Waals surface area contributed by atoms with E-state index in [0.29, 0.717) is 15.6 Å². The fourth-order valence-corrected chi connectivity index (χ4v) is 1.64. The second kappa shape index (κ2) is 6.45. The summed E-state index contributed by atoms with van der Waals surface area (Å²) >= 11 is 11.8. The third-order valence-corrected chi connectivity index (χ3v) is 2.93. The molecule has 6 heteroatoms. The monoisotopic (exact) mass is 272 g/mol. The zero-order chi connectivity index (χ0) is 12.8. The minimum absolute atomic E-state index is 0.0719. The first kappa shape index (κ1) is 13.8. The van der Waals surface area contributed by atoms with Gasteiger partial charge in [-0.15, -0.1) is 0 Å². The number of halogens is 2. The molecular weight excluding hydrogens is 263 g/mol. The highest BCUT2D eigenvalue weighted by atomic mass is 35.5. The van der Waals surface area contributed by atoms with E-state index in [-0.39, 0.29) is 6.54 Å². The smallest absolute Gasteiger partial charge is 0.319 e. The summed E-state index contributed by atoms with van der Waals surface area (Å²) in [5.41, 5.74) is 0.533. The van der Waals surface area contributed by atoms with Crippen molar-refractivity contribution < 1.29 is 9.53 Å². The number of nitriles is 1. The first-order chi connectivity index (χ1) is 8.10. The largest absolute Gasteiger partial charge is 0.468 e. The highest BCUT2D eigenvalue weighted by Crippen LogP contribution is 2.29. The van der Waals surface area contributed by atoms with Gasteiger partial charge in [-0.3, -0.25) is 10.1 Å². The fraction of sp³-hybridized carbons (Fsp3) is 0.273. The number of hydrogen-bond donors (Lipinski definition) is 1. The van der Waals surface area contributed by atoms with E-state index < -0.39 is 12.0 Å². The van der Waals surface area contributed by atoms with Gasteiger partial charge in [-0.25, -0.2) is 0 Å². The molecule has 0 aliphatic heterocycles. The van der Waals surface area contributed by atoms with Crippen LogP contribution in [0, 0.1) is 11.3 Å². The summed E-state index contributed by atoms with van der Waals surface area (Å²) in [6, 6.07) is 6.28. The van der Waals surface area contributed by atoms with Crippen molar-refractivity contribution in [3.8, 4) is 6.07 Å². The Morgan fingerprint density at radius 2 is 2.29 bits per heavy atom. The van der Waals surface area contributed by atoms with Gasteiger partial charge in [0.1, 0.15) is 6.04 Å². The molecule has 0 spiro atoms. The van der Waals surface area contributed by atoms with E-state index in [1.54, 1.807) is 18.2 Å². The van der Waals surface area contributed by atoms with Gasteiger partial charge in [0.2, 0.25) is 0 Å². The van der Waals surface area contributed by atoms with Crippen molar-refractivity contribution in [2.24, 2.45) is 0 Å². The van der Waals surface area contributed by atoms with E-state index >= 15 is 0 Å². The molecule has 1 N–H and O–H groups in total. The van der Waals surface area contributed by atoms with Crippen LogP contribution in [0.25, 0.3) is 0 Å². The summed E-state index contributed by atoms with van der Waals surface area (Å²) in [5.74, 6) is -0.455. The Morgan fingerprint density at radius 3 is 2.88 bits per heavy atom. The molecule has 90 valence electrons. The topological polar surface area (TPSA) is 62.1 Å². The molecule has 4 nitrogen and oxygen atoms in total. The highest BCUT2D eigenvalue weighted by Gasteiger charge is 2.16. The molecule has 0 heterocycles. The van der Waals surface area contributed by atoms with Crippen LogP contribution in [-0.4, -0.2) is 19.6 Å². The molecular formula is C11H10Cl2N2O2. The predicted molar refractivity (Wildman–Crippen MR) is 64.8 cm³/mol. The molecule has 0 aliphatic rings. The number of nitrogens with one attached hydrogen (secondary N) is 1. The lowest BCUT2D eigenvalue weighted by Gasteiger charge is -2.13. The lowest BCUT2D eigenvalue weighted by molar-refractivity contribution is -0.139. The molecule has 0 fully saturated rings. The molecule has 1 unspecified atom stereocenters. The van der Waals surface area contributed by atoms with Crippen molar-refractivity contribution in [2.45, 2.75) is 6.04 Å². The zero-order valence-electron chi connectivity index (χ0n) is 9.04. The normalized spacial score (nSPS) is 11.6. The van der Waals surface area contributed by atoms with Crippen LogP contribution in [0.2, 0.25) is 10.0 Å². The molecule has 0 aromatic heterocycles. The number of ether oxygens (including phenoxy) is 1. The molecule has 1 aromatic carbocycles. The Labute approximate surface area is 109 Å². The fourth-order valence-electron chi connectivity index (χ4n) is 1.23. The maximum Gasteiger partial charge on any atom is 0.319 e. The summed E-state index contributed by atoms with van der Waals surface area (Å²) in [6.45, 7) is -0.0719. The Morgan fingerprint density at radius 1 is 1.59 bits per heavy atom. The van der Waals surface area contributed by atoms with E-state index in [2.05, 4.69) is 10.1 Å². The van der Waals surface area contributed by atoms with Crippen LogP contribution in [0.5, 0.6) is 0 Å². The molecule has 1 rings (SSSR count). The molecule has 0 aliphatic carbocycles. The number of hydrogen-bond acceptors (Lipinski definition) is 4. The van der Waals surface area contributed by atoms with Crippen LogP contribution in [0.1, 0.15) is 11.6 Å². The number of methoxy groups -OCH3 is 1. The molecule has 0 saturated carbocycles. The van der Waals surface area contributed by atoms with Gasteiger partial charge >= 0.3 is 5.97 Å². The summed E-state index contributed by atoms with van der Waals surface area (Å²) in [4.78, 5) is 11.0. The maximum atomic E-state index is 11.0. The Bertz CT molecular complexity index is 457.